The molecule has 2 aliphatic heterocycles. The third kappa shape index (κ3) is 4.72. The van der Waals surface area contributed by atoms with E-state index >= 15 is 0 Å². The summed E-state index contributed by atoms with van der Waals surface area (Å²) in [7, 11) is 0. The normalized spacial score (nSPS) is 32.8. The molecule has 5 atom stereocenters. The SMILES string of the molecule is CC(=O)OCC1=C2C(OC(C)=O)CC(C)=CC(OC(C)=O)CC3(C)OC3C2OC1=O. The van der Waals surface area contributed by atoms with Crippen LogP contribution in [0.5, 0.6) is 0 Å². The van der Waals surface area contributed by atoms with Gasteiger partial charge in [0.1, 0.15) is 30.5 Å². The van der Waals surface area contributed by atoms with Gasteiger partial charge < -0.3 is 23.7 Å². The van der Waals surface area contributed by atoms with E-state index in [1.165, 1.54) is 20.8 Å². The second-order valence-corrected chi connectivity index (χ2v) is 8.06. The molecule has 3 rings (SSSR count). The number of hydrogen-bond acceptors (Lipinski definition) is 9. The Balaban J connectivity index is 2.04. The maximum Gasteiger partial charge on any atom is 0.338 e. The van der Waals surface area contributed by atoms with Crippen LogP contribution in [0.2, 0.25) is 0 Å². The third-order valence-corrected chi connectivity index (χ3v) is 5.33. The number of carbonyl (C=O) groups excluding carboxylic acids is 4. The molecule has 0 bridgehead atoms. The smallest absolute Gasteiger partial charge is 0.338 e. The number of fused-ring (bicyclic) bond motifs is 3. The molecule has 0 spiro atoms. The van der Waals surface area contributed by atoms with Gasteiger partial charge in [-0.15, -0.1) is 0 Å². The van der Waals surface area contributed by atoms with Gasteiger partial charge in [0, 0.05) is 39.2 Å². The van der Waals surface area contributed by atoms with E-state index in [0.717, 1.165) is 5.57 Å². The van der Waals surface area contributed by atoms with E-state index in [1.807, 2.05) is 13.8 Å². The Morgan fingerprint density at radius 2 is 1.80 bits per heavy atom. The molecule has 3 aliphatic rings. The topological polar surface area (TPSA) is 118 Å². The molecular formula is C21H26O9. The summed E-state index contributed by atoms with van der Waals surface area (Å²) in [5, 5.41) is 0. The summed E-state index contributed by atoms with van der Waals surface area (Å²) < 4.78 is 27.5. The minimum Gasteiger partial charge on any atom is -0.461 e. The molecule has 0 amide bonds. The van der Waals surface area contributed by atoms with Crippen LogP contribution in [0.4, 0.5) is 0 Å². The lowest BCUT2D eigenvalue weighted by Gasteiger charge is -2.26. The second-order valence-electron chi connectivity index (χ2n) is 8.06. The van der Waals surface area contributed by atoms with Gasteiger partial charge in [-0.05, 0) is 19.9 Å². The van der Waals surface area contributed by atoms with E-state index in [4.69, 9.17) is 23.7 Å². The predicted octanol–water partition coefficient (Wildman–Crippen LogP) is 1.53. The Kier molecular flexibility index (Phi) is 6.03. The summed E-state index contributed by atoms with van der Waals surface area (Å²) in [6.45, 7) is 7.23. The van der Waals surface area contributed by atoms with Crippen molar-refractivity contribution in [2.75, 3.05) is 6.61 Å². The van der Waals surface area contributed by atoms with Gasteiger partial charge in [-0.1, -0.05) is 5.57 Å². The first-order valence-electron chi connectivity index (χ1n) is 9.77. The molecule has 0 aromatic rings. The zero-order chi connectivity index (χ0) is 22.2. The van der Waals surface area contributed by atoms with Crippen LogP contribution in [0, 0.1) is 0 Å². The summed E-state index contributed by atoms with van der Waals surface area (Å²) in [5.41, 5.74) is 0.697. The summed E-state index contributed by atoms with van der Waals surface area (Å²) in [6, 6.07) is 0. The van der Waals surface area contributed by atoms with E-state index in [1.54, 1.807) is 6.08 Å². The van der Waals surface area contributed by atoms with Crippen LogP contribution < -0.4 is 0 Å². The fourth-order valence-electron chi connectivity index (χ4n) is 4.10. The van der Waals surface area contributed by atoms with E-state index in [2.05, 4.69) is 0 Å². The molecule has 0 aromatic heterocycles. The molecule has 30 heavy (non-hydrogen) atoms. The lowest BCUT2D eigenvalue weighted by atomic mass is 9.86. The lowest BCUT2D eigenvalue weighted by molar-refractivity contribution is -0.145. The van der Waals surface area contributed by atoms with Crippen LogP contribution in [0.1, 0.15) is 47.5 Å². The highest BCUT2D eigenvalue weighted by Crippen LogP contribution is 2.49. The minimum absolute atomic E-state index is 0.157. The molecule has 9 heteroatoms. The quantitative estimate of drug-likeness (QED) is 0.288. The Morgan fingerprint density at radius 3 is 2.40 bits per heavy atom. The van der Waals surface area contributed by atoms with E-state index in [9.17, 15) is 19.2 Å². The molecular weight excluding hydrogens is 396 g/mol. The molecule has 5 unspecified atom stereocenters. The van der Waals surface area contributed by atoms with Crippen molar-refractivity contribution in [2.24, 2.45) is 0 Å². The number of rotatable bonds is 4. The summed E-state index contributed by atoms with van der Waals surface area (Å²) >= 11 is 0. The Hall–Kier alpha value is -2.68. The summed E-state index contributed by atoms with van der Waals surface area (Å²) in [5.74, 6) is -2.13. The van der Waals surface area contributed by atoms with Crippen molar-refractivity contribution in [1.82, 2.24) is 0 Å². The van der Waals surface area contributed by atoms with Crippen molar-refractivity contribution < 1.29 is 42.9 Å². The van der Waals surface area contributed by atoms with Crippen LogP contribution in [-0.2, 0) is 42.9 Å². The van der Waals surface area contributed by atoms with Crippen molar-refractivity contribution >= 4 is 23.9 Å². The first-order valence-corrected chi connectivity index (χ1v) is 9.77. The average molecular weight is 422 g/mol. The van der Waals surface area contributed by atoms with Gasteiger partial charge in [-0.3, -0.25) is 14.4 Å². The van der Waals surface area contributed by atoms with E-state index in [-0.39, 0.29) is 18.6 Å². The molecule has 0 aromatic carbocycles. The zero-order valence-electron chi connectivity index (χ0n) is 17.7. The summed E-state index contributed by atoms with van der Waals surface area (Å²) in [6.07, 6.45) is -0.203. The van der Waals surface area contributed by atoms with Crippen molar-refractivity contribution in [3.8, 4) is 0 Å². The van der Waals surface area contributed by atoms with Gasteiger partial charge in [0.05, 0.1) is 5.57 Å². The Morgan fingerprint density at radius 1 is 1.13 bits per heavy atom. The molecule has 0 radical (unpaired) electrons. The average Bonchev–Trinajstić information content (AvgIpc) is 3.12. The fraction of sp³-hybridized carbons (Fsp3) is 0.619. The predicted molar refractivity (Wildman–Crippen MR) is 101 cm³/mol. The van der Waals surface area contributed by atoms with Crippen LogP contribution >= 0.6 is 0 Å². The van der Waals surface area contributed by atoms with Crippen molar-refractivity contribution in [2.45, 2.75) is 77.5 Å². The molecule has 1 aliphatic carbocycles. The van der Waals surface area contributed by atoms with Crippen molar-refractivity contribution in [3.05, 3.63) is 22.8 Å². The highest BCUT2D eigenvalue weighted by Gasteiger charge is 2.62. The van der Waals surface area contributed by atoms with Crippen molar-refractivity contribution in [1.29, 1.82) is 0 Å². The number of esters is 4. The molecule has 9 nitrogen and oxygen atoms in total. The van der Waals surface area contributed by atoms with Gasteiger partial charge in [0.25, 0.3) is 0 Å². The maximum absolute atomic E-state index is 12.6. The summed E-state index contributed by atoms with van der Waals surface area (Å²) in [4.78, 5) is 47.2. The van der Waals surface area contributed by atoms with Gasteiger partial charge in [-0.2, -0.15) is 0 Å². The second kappa shape index (κ2) is 8.22. The largest absolute Gasteiger partial charge is 0.461 e. The Labute approximate surface area is 174 Å². The number of carbonyl (C=O) groups is 4. The van der Waals surface area contributed by atoms with Gasteiger partial charge >= 0.3 is 23.9 Å². The van der Waals surface area contributed by atoms with Crippen LogP contribution in [0.3, 0.4) is 0 Å². The molecule has 0 saturated carbocycles. The monoisotopic (exact) mass is 422 g/mol. The van der Waals surface area contributed by atoms with Gasteiger partial charge in [0.2, 0.25) is 0 Å². The molecule has 0 N–H and O–H groups in total. The van der Waals surface area contributed by atoms with Crippen molar-refractivity contribution in [3.63, 3.8) is 0 Å². The number of ether oxygens (including phenoxy) is 5. The Bertz CT molecular complexity index is 839. The molecule has 2 heterocycles. The fourth-order valence-corrected chi connectivity index (χ4v) is 4.10. The molecule has 1 saturated heterocycles. The highest BCUT2D eigenvalue weighted by molar-refractivity contribution is 5.93. The third-order valence-electron chi connectivity index (χ3n) is 5.33. The van der Waals surface area contributed by atoms with Crippen LogP contribution in [0.15, 0.2) is 22.8 Å². The highest BCUT2D eigenvalue weighted by atomic mass is 16.7. The molecule has 164 valence electrons. The van der Waals surface area contributed by atoms with Gasteiger partial charge in [-0.25, -0.2) is 4.79 Å². The number of epoxide rings is 1. The first kappa shape index (κ1) is 22.0. The standard InChI is InChI=1S/C21H26O9/c1-10-6-14(27-12(3)23)8-21(5)19(30-21)18-17(16(7-10)28-13(4)24)15(20(25)29-18)9-26-11(2)22/h6,14,16,18-19H,7-9H2,1-5H3. The van der Waals surface area contributed by atoms with E-state index < -0.39 is 53.9 Å². The zero-order valence-corrected chi connectivity index (χ0v) is 17.7. The molecule has 1 fully saturated rings. The van der Waals surface area contributed by atoms with Gasteiger partial charge in [0.15, 0.2) is 6.10 Å². The number of hydrogen-bond donors (Lipinski definition) is 0. The minimum atomic E-state index is -0.815. The van der Waals surface area contributed by atoms with Crippen LogP contribution in [0.25, 0.3) is 0 Å². The van der Waals surface area contributed by atoms with Crippen LogP contribution in [-0.4, -0.2) is 60.5 Å². The van der Waals surface area contributed by atoms with E-state index in [0.29, 0.717) is 12.0 Å². The first-order chi connectivity index (χ1) is 14.0. The maximum atomic E-state index is 12.6. The lowest BCUT2D eigenvalue weighted by Crippen LogP contribution is -2.35.